The van der Waals surface area contributed by atoms with Crippen LogP contribution in [0.2, 0.25) is 0 Å². The summed E-state index contributed by atoms with van der Waals surface area (Å²) in [6.07, 6.45) is 6.79. The Bertz CT molecular complexity index is 1320. The van der Waals surface area contributed by atoms with Gasteiger partial charge in [-0.2, -0.15) is 0 Å². The fraction of sp³-hybridized carbons (Fsp3) is 0.129. The molecule has 4 aromatic carbocycles. The third kappa shape index (κ3) is 2.26. The van der Waals surface area contributed by atoms with Gasteiger partial charge in [-0.05, 0) is 27.8 Å². The Hall–Kier alpha value is -3.71. The van der Waals surface area contributed by atoms with Gasteiger partial charge in [0.1, 0.15) is 5.54 Å². The highest BCUT2D eigenvalue weighted by Crippen LogP contribution is 2.81. The number of rotatable bonds is 4. The zero-order valence-corrected chi connectivity index (χ0v) is 18.1. The average molecular weight is 412 g/mol. The molecule has 4 aromatic rings. The molecular weight excluding hydrogens is 386 g/mol. The van der Waals surface area contributed by atoms with Crippen molar-refractivity contribution in [3.8, 4) is 0 Å². The van der Waals surface area contributed by atoms with Gasteiger partial charge < -0.3 is 0 Å². The number of fused-ring (bicyclic) bond motifs is 3. The first kappa shape index (κ1) is 19.0. The van der Waals surface area contributed by atoms with E-state index in [-0.39, 0.29) is 10.8 Å². The molecule has 1 saturated carbocycles. The van der Waals surface area contributed by atoms with Crippen LogP contribution in [0.15, 0.2) is 126 Å². The Labute approximate surface area is 189 Å². The van der Waals surface area contributed by atoms with Crippen LogP contribution in [0.4, 0.5) is 0 Å². The van der Waals surface area contributed by atoms with E-state index in [1.54, 1.807) is 0 Å². The van der Waals surface area contributed by atoms with Gasteiger partial charge in [-0.1, -0.05) is 134 Å². The van der Waals surface area contributed by atoms with Crippen LogP contribution in [0.5, 0.6) is 0 Å². The van der Waals surface area contributed by atoms with Crippen LogP contribution in [0, 0.1) is 0 Å². The maximum atomic E-state index is 5.38. The van der Waals surface area contributed by atoms with E-state index in [4.69, 9.17) is 4.99 Å². The first-order valence-corrected chi connectivity index (χ1v) is 11.2. The molecule has 1 aliphatic carbocycles. The summed E-state index contributed by atoms with van der Waals surface area (Å²) in [5.74, 6) is 0. The molecule has 1 nitrogen and oxygen atoms in total. The molecular formula is C31H25N. The summed E-state index contributed by atoms with van der Waals surface area (Å²) in [6.45, 7) is 2.40. The van der Waals surface area contributed by atoms with Crippen molar-refractivity contribution in [2.75, 3.05) is 0 Å². The quantitative estimate of drug-likeness (QED) is 0.345. The van der Waals surface area contributed by atoms with Crippen molar-refractivity contribution in [1.82, 2.24) is 0 Å². The molecule has 0 bridgehead atoms. The molecule has 0 N–H and O–H groups in total. The van der Waals surface area contributed by atoms with E-state index in [9.17, 15) is 0 Å². The van der Waals surface area contributed by atoms with Crippen LogP contribution in [-0.4, -0.2) is 6.21 Å². The van der Waals surface area contributed by atoms with Gasteiger partial charge in [-0.25, -0.2) is 0 Å². The molecule has 1 fully saturated rings. The molecule has 0 spiro atoms. The Kier molecular flexibility index (Phi) is 4.10. The lowest BCUT2D eigenvalue weighted by molar-refractivity contribution is 0.588. The molecule has 0 amide bonds. The van der Waals surface area contributed by atoms with E-state index in [0.717, 1.165) is 0 Å². The van der Waals surface area contributed by atoms with E-state index in [1.807, 2.05) is 0 Å². The molecule has 154 valence electrons. The second kappa shape index (κ2) is 6.90. The SMILES string of the molecule is C[C@]12c3ccccc3C=N[C@@]1(c1ccccc1)[C@@]2(/C=C\c1ccccc1)c1ccccc1. The highest BCUT2D eigenvalue weighted by molar-refractivity contribution is 5.90. The van der Waals surface area contributed by atoms with Gasteiger partial charge in [0.25, 0.3) is 0 Å². The molecule has 0 saturated heterocycles. The Morgan fingerprint density at radius 1 is 0.625 bits per heavy atom. The summed E-state index contributed by atoms with van der Waals surface area (Å²) in [5.41, 5.74) is 5.42. The van der Waals surface area contributed by atoms with E-state index < -0.39 is 5.54 Å². The fourth-order valence-corrected chi connectivity index (χ4v) is 6.23. The average Bonchev–Trinajstić information content (AvgIpc) is 3.39. The van der Waals surface area contributed by atoms with Crippen LogP contribution in [0.1, 0.15) is 34.7 Å². The molecule has 32 heavy (non-hydrogen) atoms. The first-order valence-electron chi connectivity index (χ1n) is 11.2. The first-order chi connectivity index (χ1) is 15.7. The third-order valence-corrected chi connectivity index (χ3v) is 7.66. The maximum absolute atomic E-state index is 5.38. The van der Waals surface area contributed by atoms with Crippen LogP contribution in [-0.2, 0) is 16.4 Å². The van der Waals surface area contributed by atoms with Crippen molar-refractivity contribution in [1.29, 1.82) is 0 Å². The highest BCUT2D eigenvalue weighted by atomic mass is 15.1. The van der Waals surface area contributed by atoms with E-state index in [1.165, 1.54) is 27.8 Å². The number of benzene rings is 4. The Morgan fingerprint density at radius 2 is 1.19 bits per heavy atom. The summed E-state index contributed by atoms with van der Waals surface area (Å²) in [4.78, 5) is 5.38. The lowest BCUT2D eigenvalue weighted by Crippen LogP contribution is -2.23. The molecule has 6 rings (SSSR count). The Morgan fingerprint density at radius 3 is 1.88 bits per heavy atom. The van der Waals surface area contributed by atoms with Gasteiger partial charge >= 0.3 is 0 Å². The second-order valence-corrected chi connectivity index (χ2v) is 8.96. The third-order valence-electron chi connectivity index (χ3n) is 7.66. The van der Waals surface area contributed by atoms with Gasteiger partial charge in [0, 0.05) is 11.6 Å². The smallest absolute Gasteiger partial charge is 0.110 e. The minimum Gasteiger partial charge on any atom is -0.279 e. The van der Waals surface area contributed by atoms with Crippen molar-refractivity contribution in [3.05, 3.63) is 149 Å². The molecule has 1 aliphatic heterocycles. The zero-order chi connectivity index (χ0) is 21.7. The predicted molar refractivity (Wildman–Crippen MR) is 133 cm³/mol. The molecule has 0 radical (unpaired) electrons. The molecule has 0 unspecified atom stereocenters. The molecule has 3 atom stereocenters. The molecule has 1 heterocycles. The van der Waals surface area contributed by atoms with Crippen molar-refractivity contribution < 1.29 is 0 Å². The largest absolute Gasteiger partial charge is 0.279 e. The summed E-state index contributed by atoms with van der Waals surface area (Å²) in [6, 6.07) is 41.1. The fourth-order valence-electron chi connectivity index (χ4n) is 6.23. The van der Waals surface area contributed by atoms with Gasteiger partial charge in [0.05, 0.1) is 5.41 Å². The van der Waals surface area contributed by atoms with Gasteiger partial charge in [0.15, 0.2) is 0 Å². The second-order valence-electron chi connectivity index (χ2n) is 8.96. The highest BCUT2D eigenvalue weighted by Gasteiger charge is 2.86. The van der Waals surface area contributed by atoms with Gasteiger partial charge in [-0.15, -0.1) is 0 Å². The van der Waals surface area contributed by atoms with Gasteiger partial charge in [0.2, 0.25) is 0 Å². The van der Waals surface area contributed by atoms with E-state index in [0.29, 0.717) is 0 Å². The van der Waals surface area contributed by atoms with Crippen molar-refractivity contribution in [2.24, 2.45) is 4.99 Å². The number of hydrogen-bond donors (Lipinski definition) is 0. The Balaban J connectivity index is 1.68. The number of nitrogens with zero attached hydrogens (tertiary/aromatic N) is 1. The number of hydrogen-bond acceptors (Lipinski definition) is 1. The van der Waals surface area contributed by atoms with Crippen LogP contribution >= 0.6 is 0 Å². The molecule has 0 aromatic heterocycles. The minimum absolute atomic E-state index is 0.209. The summed E-state index contributed by atoms with van der Waals surface area (Å²) < 4.78 is 0. The summed E-state index contributed by atoms with van der Waals surface area (Å²) in [7, 11) is 0. The predicted octanol–water partition coefficient (Wildman–Crippen LogP) is 6.94. The lowest BCUT2D eigenvalue weighted by atomic mass is 9.80. The van der Waals surface area contributed by atoms with Gasteiger partial charge in [-0.3, -0.25) is 4.99 Å². The topological polar surface area (TPSA) is 12.4 Å². The normalized spacial score (nSPS) is 27.7. The van der Waals surface area contributed by atoms with Crippen molar-refractivity contribution in [2.45, 2.75) is 23.3 Å². The summed E-state index contributed by atoms with van der Waals surface area (Å²) >= 11 is 0. The molecule has 1 heteroatoms. The zero-order valence-electron chi connectivity index (χ0n) is 18.1. The minimum atomic E-state index is -0.401. The maximum Gasteiger partial charge on any atom is 0.110 e. The lowest BCUT2D eigenvalue weighted by Gasteiger charge is -2.25. The van der Waals surface area contributed by atoms with Crippen molar-refractivity contribution >= 4 is 12.3 Å². The monoisotopic (exact) mass is 411 g/mol. The summed E-state index contributed by atoms with van der Waals surface area (Å²) in [5, 5.41) is 0. The number of aliphatic imine (C=N–C) groups is 1. The van der Waals surface area contributed by atoms with E-state index >= 15 is 0 Å². The van der Waals surface area contributed by atoms with Crippen LogP contribution in [0.25, 0.3) is 6.08 Å². The van der Waals surface area contributed by atoms with Crippen LogP contribution in [0.3, 0.4) is 0 Å². The molecule has 2 aliphatic rings. The van der Waals surface area contributed by atoms with E-state index in [2.05, 4.69) is 141 Å². The van der Waals surface area contributed by atoms with Crippen molar-refractivity contribution in [3.63, 3.8) is 0 Å². The van der Waals surface area contributed by atoms with Crippen LogP contribution < -0.4 is 0 Å². The standard InChI is InChI=1S/C31H25N/c1-29-28-20-12-11-15-25(28)23-32-31(29,27-18-9-4-10-19-27)30(29,26-16-7-3-8-17-26)22-21-24-13-5-2-6-14-24/h2-23H,1H3/b22-21-/t29-,30+,31-/m1/s1.